The molecule has 1 aromatic carbocycles. The van der Waals surface area contributed by atoms with Gasteiger partial charge in [0.05, 0.1) is 16.3 Å². The molecule has 0 saturated carbocycles. The van der Waals surface area contributed by atoms with E-state index in [1.165, 1.54) is 30.4 Å². The van der Waals surface area contributed by atoms with Crippen LogP contribution in [0.15, 0.2) is 23.6 Å². The van der Waals surface area contributed by atoms with Crippen LogP contribution in [0.4, 0.5) is 8.78 Å². The smallest absolute Gasteiger partial charge is 0.164 e. The first kappa shape index (κ1) is 16.0. The molecule has 0 spiro atoms. The Balaban J connectivity index is 2.29. The normalized spacial score (nSPS) is 15.0. The van der Waals surface area contributed by atoms with Crippen molar-refractivity contribution >= 4 is 11.3 Å². The third kappa shape index (κ3) is 3.47. The molecule has 1 unspecified atom stereocenters. The van der Waals surface area contributed by atoms with Gasteiger partial charge < -0.3 is 5.11 Å². The van der Waals surface area contributed by atoms with Crippen molar-refractivity contribution in [2.45, 2.75) is 45.1 Å². The molecule has 1 atom stereocenters. The van der Waals surface area contributed by atoms with E-state index < -0.39 is 17.2 Å². The summed E-state index contributed by atoms with van der Waals surface area (Å²) < 4.78 is 27.2. The predicted octanol–water partition coefficient (Wildman–Crippen LogP) is 4.17. The minimum absolute atomic E-state index is 0.0463. The number of rotatable bonds is 3. The summed E-state index contributed by atoms with van der Waals surface area (Å²) in [7, 11) is 0. The lowest BCUT2D eigenvalue weighted by atomic mass is 9.91. The van der Waals surface area contributed by atoms with E-state index in [1.807, 2.05) is 5.38 Å². The van der Waals surface area contributed by atoms with Gasteiger partial charge in [-0.1, -0.05) is 32.9 Å². The average Bonchev–Trinajstić information content (AvgIpc) is 2.80. The largest absolute Gasteiger partial charge is 0.385 e. The highest BCUT2D eigenvalue weighted by Gasteiger charge is 2.30. The number of thiazole rings is 1. The van der Waals surface area contributed by atoms with Gasteiger partial charge in [0, 0.05) is 22.8 Å². The van der Waals surface area contributed by atoms with E-state index in [2.05, 4.69) is 25.8 Å². The molecule has 0 radical (unpaired) electrons. The second-order valence-electron chi connectivity index (χ2n) is 6.43. The quantitative estimate of drug-likeness (QED) is 0.923. The van der Waals surface area contributed by atoms with Crippen molar-refractivity contribution in [1.82, 2.24) is 4.98 Å². The number of aliphatic hydroxyl groups is 1. The second kappa shape index (κ2) is 5.46. The number of halogens is 2. The number of hydrogen-bond donors (Lipinski definition) is 1. The standard InChI is InChI=1S/C16H19F2NOS/c1-15(2,3)12-9-21-13(19-12)8-16(4,20)10-6-5-7-11(17)14(10)18/h5-7,9,20H,8H2,1-4H3. The van der Waals surface area contributed by atoms with Crippen molar-refractivity contribution in [2.75, 3.05) is 0 Å². The molecule has 0 aliphatic rings. The summed E-state index contributed by atoms with van der Waals surface area (Å²) in [6.45, 7) is 7.63. The molecule has 0 saturated heterocycles. The molecule has 2 aromatic rings. The van der Waals surface area contributed by atoms with Gasteiger partial charge in [-0.15, -0.1) is 11.3 Å². The summed E-state index contributed by atoms with van der Waals surface area (Å²) >= 11 is 1.42. The maximum absolute atomic E-state index is 13.8. The summed E-state index contributed by atoms with van der Waals surface area (Å²) in [6, 6.07) is 3.83. The highest BCUT2D eigenvalue weighted by atomic mass is 32.1. The number of benzene rings is 1. The third-order valence-electron chi connectivity index (χ3n) is 3.35. The molecule has 0 amide bonds. The van der Waals surface area contributed by atoms with Crippen LogP contribution in [-0.4, -0.2) is 10.1 Å². The molecule has 0 aliphatic heterocycles. The zero-order valence-corrected chi connectivity index (χ0v) is 13.4. The monoisotopic (exact) mass is 311 g/mol. The molecule has 0 bridgehead atoms. The van der Waals surface area contributed by atoms with Crippen LogP contribution in [0.5, 0.6) is 0 Å². The third-order valence-corrected chi connectivity index (χ3v) is 4.20. The molecule has 1 aromatic heterocycles. The van der Waals surface area contributed by atoms with Crippen LogP contribution in [0.25, 0.3) is 0 Å². The van der Waals surface area contributed by atoms with Gasteiger partial charge in [0.2, 0.25) is 0 Å². The van der Waals surface area contributed by atoms with E-state index in [1.54, 1.807) is 0 Å². The first-order valence-corrected chi connectivity index (χ1v) is 7.61. The van der Waals surface area contributed by atoms with Crippen molar-refractivity contribution in [1.29, 1.82) is 0 Å². The van der Waals surface area contributed by atoms with Crippen molar-refractivity contribution < 1.29 is 13.9 Å². The van der Waals surface area contributed by atoms with Crippen LogP contribution in [0.3, 0.4) is 0 Å². The average molecular weight is 311 g/mol. The number of nitrogens with zero attached hydrogens (tertiary/aromatic N) is 1. The van der Waals surface area contributed by atoms with Crippen LogP contribution in [0.2, 0.25) is 0 Å². The second-order valence-corrected chi connectivity index (χ2v) is 7.37. The minimum atomic E-state index is -1.50. The Morgan fingerprint density at radius 1 is 1.19 bits per heavy atom. The van der Waals surface area contributed by atoms with Crippen LogP contribution in [-0.2, 0) is 17.4 Å². The summed E-state index contributed by atoms with van der Waals surface area (Å²) in [5, 5.41) is 13.2. The van der Waals surface area contributed by atoms with Crippen molar-refractivity contribution in [3.63, 3.8) is 0 Å². The lowest BCUT2D eigenvalue weighted by molar-refractivity contribution is 0.0529. The topological polar surface area (TPSA) is 33.1 Å². The number of hydrogen-bond acceptors (Lipinski definition) is 3. The molecule has 2 nitrogen and oxygen atoms in total. The van der Waals surface area contributed by atoms with Crippen LogP contribution in [0, 0.1) is 11.6 Å². The Hall–Kier alpha value is -1.33. The van der Waals surface area contributed by atoms with Crippen LogP contribution >= 0.6 is 11.3 Å². The zero-order chi connectivity index (χ0) is 15.8. The van der Waals surface area contributed by atoms with Crippen molar-refractivity contribution in [3.05, 3.63) is 51.5 Å². The molecular weight excluding hydrogens is 292 g/mol. The SMILES string of the molecule is CC(C)(C)c1csc(CC(C)(O)c2cccc(F)c2F)n1. The zero-order valence-electron chi connectivity index (χ0n) is 12.6. The molecule has 0 fully saturated rings. The molecular formula is C16H19F2NOS. The van der Waals surface area contributed by atoms with Gasteiger partial charge >= 0.3 is 0 Å². The van der Waals surface area contributed by atoms with E-state index in [0.29, 0.717) is 5.01 Å². The fourth-order valence-corrected chi connectivity index (χ4v) is 3.22. The maximum Gasteiger partial charge on any atom is 0.164 e. The fourth-order valence-electron chi connectivity index (χ4n) is 2.05. The minimum Gasteiger partial charge on any atom is -0.385 e. The summed E-state index contributed by atoms with van der Waals surface area (Å²) in [6.07, 6.45) is 0.147. The lowest BCUT2D eigenvalue weighted by Crippen LogP contribution is -2.26. The van der Waals surface area contributed by atoms with E-state index >= 15 is 0 Å². The maximum atomic E-state index is 13.8. The van der Waals surface area contributed by atoms with Gasteiger partial charge in [-0.05, 0) is 13.0 Å². The molecule has 1 N–H and O–H groups in total. The summed E-state index contributed by atoms with van der Waals surface area (Å²) in [5.41, 5.74) is -0.697. The summed E-state index contributed by atoms with van der Waals surface area (Å²) in [5.74, 6) is -1.96. The first-order valence-electron chi connectivity index (χ1n) is 6.73. The molecule has 2 rings (SSSR count). The lowest BCUT2D eigenvalue weighted by Gasteiger charge is -2.23. The highest BCUT2D eigenvalue weighted by molar-refractivity contribution is 7.09. The van der Waals surface area contributed by atoms with Crippen molar-refractivity contribution in [2.24, 2.45) is 0 Å². The fraction of sp³-hybridized carbons (Fsp3) is 0.438. The van der Waals surface area contributed by atoms with Gasteiger partial charge in [0.25, 0.3) is 0 Å². The Labute approximate surface area is 127 Å². The molecule has 1 heterocycles. The Morgan fingerprint density at radius 3 is 2.43 bits per heavy atom. The molecule has 0 aliphatic carbocycles. The highest BCUT2D eigenvalue weighted by Crippen LogP contribution is 2.31. The van der Waals surface area contributed by atoms with Gasteiger partial charge in [-0.2, -0.15) is 0 Å². The Kier molecular flexibility index (Phi) is 4.17. The predicted molar refractivity (Wildman–Crippen MR) is 80.4 cm³/mol. The van der Waals surface area contributed by atoms with Gasteiger partial charge in [0.15, 0.2) is 11.6 Å². The first-order chi connectivity index (χ1) is 9.61. The van der Waals surface area contributed by atoms with Gasteiger partial charge in [-0.3, -0.25) is 0 Å². The Bertz CT molecular complexity index is 644. The van der Waals surface area contributed by atoms with E-state index in [-0.39, 0.29) is 17.4 Å². The molecule has 21 heavy (non-hydrogen) atoms. The van der Waals surface area contributed by atoms with Crippen molar-refractivity contribution in [3.8, 4) is 0 Å². The Morgan fingerprint density at radius 2 is 1.86 bits per heavy atom. The van der Waals surface area contributed by atoms with E-state index in [4.69, 9.17) is 0 Å². The molecule has 114 valence electrons. The van der Waals surface area contributed by atoms with E-state index in [0.717, 1.165) is 11.8 Å². The van der Waals surface area contributed by atoms with E-state index in [9.17, 15) is 13.9 Å². The van der Waals surface area contributed by atoms with Crippen LogP contribution in [0.1, 0.15) is 44.0 Å². The summed E-state index contributed by atoms with van der Waals surface area (Å²) in [4.78, 5) is 4.49. The van der Waals surface area contributed by atoms with Gasteiger partial charge in [-0.25, -0.2) is 13.8 Å². The van der Waals surface area contributed by atoms with Gasteiger partial charge in [0.1, 0.15) is 0 Å². The molecule has 5 heteroatoms. The van der Waals surface area contributed by atoms with Crippen LogP contribution < -0.4 is 0 Å². The number of aromatic nitrogens is 1.